The number of aliphatic hydroxyl groups is 1. The van der Waals surface area contributed by atoms with E-state index in [9.17, 15) is 23.1 Å². The summed E-state index contributed by atoms with van der Waals surface area (Å²) in [5.74, 6) is 0. The summed E-state index contributed by atoms with van der Waals surface area (Å²) in [7, 11) is 1.17. The Labute approximate surface area is 167 Å². The summed E-state index contributed by atoms with van der Waals surface area (Å²) in [5, 5.41) is 18.7. The molecule has 12 heteroatoms. The van der Waals surface area contributed by atoms with E-state index in [1.165, 1.54) is 7.05 Å². The second-order valence-corrected chi connectivity index (χ2v) is 7.59. The monoisotopic (exact) mass is 438 g/mol. The molecule has 3 rings (SSSR count). The average molecular weight is 438 g/mol. The van der Waals surface area contributed by atoms with Gasteiger partial charge in [-0.3, -0.25) is 9.89 Å². The van der Waals surface area contributed by atoms with Gasteiger partial charge in [-0.15, -0.1) is 0 Å². The summed E-state index contributed by atoms with van der Waals surface area (Å²) in [6.07, 6.45) is -15.2. The number of amides is 1. The fourth-order valence-corrected chi connectivity index (χ4v) is 4.13. The van der Waals surface area contributed by atoms with Crippen LogP contribution in [0.3, 0.4) is 0 Å². The molecule has 0 aromatic heterocycles. The van der Waals surface area contributed by atoms with Gasteiger partial charge in [0.15, 0.2) is 17.4 Å². The van der Waals surface area contributed by atoms with E-state index in [0.29, 0.717) is 22.2 Å². The van der Waals surface area contributed by atoms with Crippen molar-refractivity contribution < 1.29 is 42.0 Å². The summed E-state index contributed by atoms with van der Waals surface area (Å²) in [6, 6.07) is 7.14. The van der Waals surface area contributed by atoms with Crippen molar-refractivity contribution in [1.29, 1.82) is 0 Å². The first-order chi connectivity index (χ1) is 13.6. The van der Waals surface area contributed by atoms with Crippen molar-refractivity contribution in [1.82, 2.24) is 4.90 Å². The first-order valence-corrected chi connectivity index (χ1v) is 9.38. The number of fused-ring (bicyclic) bond motifs is 1. The Balaban J connectivity index is 1.83. The van der Waals surface area contributed by atoms with E-state index < -0.39 is 48.2 Å². The first kappa shape index (κ1) is 21.8. The van der Waals surface area contributed by atoms with Crippen molar-refractivity contribution in [3.8, 4) is 0 Å². The van der Waals surface area contributed by atoms with Gasteiger partial charge in [-0.2, -0.15) is 13.2 Å². The van der Waals surface area contributed by atoms with Crippen LogP contribution < -0.4 is 0 Å². The number of ether oxygens (including phenoxy) is 2. The minimum Gasteiger partial charge on any atom is -0.465 e. The smallest absolute Gasteiger partial charge is 0.417 e. The fourth-order valence-electron chi connectivity index (χ4n) is 2.97. The minimum absolute atomic E-state index is 0.112. The predicted octanol–water partition coefficient (Wildman–Crippen LogP) is 2.64. The molecular weight excluding hydrogens is 420 g/mol. The van der Waals surface area contributed by atoms with Gasteiger partial charge in [0.25, 0.3) is 0 Å². The maximum Gasteiger partial charge on any atom is 0.417 e. The van der Waals surface area contributed by atoms with Gasteiger partial charge in [0.2, 0.25) is 0 Å². The van der Waals surface area contributed by atoms with Crippen molar-refractivity contribution in [2.75, 3.05) is 7.05 Å². The molecule has 0 aliphatic carbocycles. The standard InChI is InChI=1S/C17H18F4N2O5S/c1-23(16(25)26)15-22-10-9(18)11(27-7-8-5-3-2-4-6-8)12(28-14(10)29-15)13(24)17(19,20)21/h2-6,9-14,24H,7H2,1H3,(H,25,26)/t9-,10+,11-,12-,13-,14+/m0/s1. The molecule has 2 N–H and O–H groups in total. The van der Waals surface area contributed by atoms with Crippen LogP contribution in [-0.2, 0) is 16.1 Å². The largest absolute Gasteiger partial charge is 0.465 e. The number of aliphatic imine (C=N–C) groups is 1. The molecule has 2 aliphatic rings. The molecule has 2 heterocycles. The number of hydrogen-bond donors (Lipinski definition) is 2. The topological polar surface area (TPSA) is 91.6 Å². The Hall–Kier alpha value is -1.89. The molecule has 1 aromatic rings. The van der Waals surface area contributed by atoms with Crippen LogP contribution in [0.15, 0.2) is 35.3 Å². The van der Waals surface area contributed by atoms with Crippen LogP contribution in [0.25, 0.3) is 0 Å². The first-order valence-electron chi connectivity index (χ1n) is 8.50. The number of benzene rings is 1. The molecule has 1 fully saturated rings. The zero-order valence-corrected chi connectivity index (χ0v) is 15.8. The zero-order valence-electron chi connectivity index (χ0n) is 15.0. The number of amidine groups is 1. The molecule has 0 unspecified atom stereocenters. The number of halogens is 4. The molecule has 0 radical (unpaired) electrons. The van der Waals surface area contributed by atoms with Crippen LogP contribution in [0.5, 0.6) is 0 Å². The number of alkyl halides is 4. The molecule has 1 amide bonds. The van der Waals surface area contributed by atoms with E-state index in [4.69, 9.17) is 14.6 Å². The number of hydrogen-bond acceptors (Lipinski definition) is 6. The van der Waals surface area contributed by atoms with E-state index in [1.54, 1.807) is 30.3 Å². The Morgan fingerprint density at radius 2 is 2.03 bits per heavy atom. The van der Waals surface area contributed by atoms with Crippen LogP contribution in [0, 0.1) is 0 Å². The van der Waals surface area contributed by atoms with E-state index in [-0.39, 0.29) is 11.8 Å². The molecule has 29 heavy (non-hydrogen) atoms. The molecule has 1 aromatic carbocycles. The van der Waals surface area contributed by atoms with Gasteiger partial charge < -0.3 is 19.7 Å². The number of rotatable bonds is 4. The molecule has 0 bridgehead atoms. The van der Waals surface area contributed by atoms with Gasteiger partial charge in [-0.05, 0) is 5.56 Å². The Kier molecular flexibility index (Phi) is 6.36. The SMILES string of the molecule is CN(C(=O)O)C1=N[C@@H]2[C@H](F)[C@H](OCc3ccccc3)[C@@H]([C@H](O)C(F)(F)F)O[C@@H]2S1. The van der Waals surface area contributed by atoms with Crippen molar-refractivity contribution in [2.24, 2.45) is 4.99 Å². The molecule has 2 aliphatic heterocycles. The third kappa shape index (κ3) is 4.65. The molecule has 6 atom stereocenters. The second-order valence-electron chi connectivity index (χ2n) is 6.52. The van der Waals surface area contributed by atoms with Gasteiger partial charge in [0, 0.05) is 7.05 Å². The fraction of sp³-hybridized carbons (Fsp3) is 0.529. The Bertz CT molecular complexity index is 766. The van der Waals surface area contributed by atoms with Crippen molar-refractivity contribution in [3.63, 3.8) is 0 Å². The quantitative estimate of drug-likeness (QED) is 0.703. The van der Waals surface area contributed by atoms with Crippen LogP contribution in [0.1, 0.15) is 5.56 Å². The zero-order chi connectivity index (χ0) is 21.3. The van der Waals surface area contributed by atoms with E-state index in [0.717, 1.165) is 0 Å². The average Bonchev–Trinajstić information content (AvgIpc) is 3.10. The lowest BCUT2D eigenvalue weighted by atomic mass is 9.95. The number of aliphatic hydroxyl groups excluding tert-OH is 1. The molecule has 160 valence electrons. The Morgan fingerprint density at radius 1 is 1.38 bits per heavy atom. The number of thioether (sulfide) groups is 1. The highest BCUT2D eigenvalue weighted by Gasteiger charge is 2.58. The van der Waals surface area contributed by atoms with Gasteiger partial charge in [0.1, 0.15) is 23.7 Å². The molecule has 7 nitrogen and oxygen atoms in total. The molecule has 0 spiro atoms. The van der Waals surface area contributed by atoms with E-state index in [1.807, 2.05) is 0 Å². The highest BCUT2D eigenvalue weighted by Crippen LogP contribution is 2.42. The third-order valence-corrected chi connectivity index (χ3v) is 5.73. The summed E-state index contributed by atoms with van der Waals surface area (Å²) < 4.78 is 65.3. The number of nitrogens with zero attached hydrogens (tertiary/aromatic N) is 2. The molecule has 1 saturated heterocycles. The second kappa shape index (κ2) is 8.46. The lowest BCUT2D eigenvalue weighted by Gasteiger charge is -2.41. The Morgan fingerprint density at radius 3 is 2.62 bits per heavy atom. The van der Waals surface area contributed by atoms with Gasteiger partial charge in [0.05, 0.1) is 6.61 Å². The van der Waals surface area contributed by atoms with Crippen LogP contribution in [0.2, 0.25) is 0 Å². The summed E-state index contributed by atoms with van der Waals surface area (Å²) >= 11 is 0.682. The lowest BCUT2D eigenvalue weighted by molar-refractivity contribution is -0.273. The summed E-state index contributed by atoms with van der Waals surface area (Å²) in [4.78, 5) is 15.8. The predicted molar refractivity (Wildman–Crippen MR) is 95.2 cm³/mol. The van der Waals surface area contributed by atoms with Gasteiger partial charge in [-0.1, -0.05) is 42.1 Å². The number of carbonyl (C=O) groups is 1. The molecular formula is C17H18F4N2O5S. The normalized spacial score (nSPS) is 30.4. The minimum atomic E-state index is -5.06. The van der Waals surface area contributed by atoms with Crippen LogP contribution in [0.4, 0.5) is 22.4 Å². The highest BCUT2D eigenvalue weighted by atomic mass is 32.2. The van der Waals surface area contributed by atoms with Crippen molar-refractivity contribution in [2.45, 2.75) is 48.7 Å². The van der Waals surface area contributed by atoms with Gasteiger partial charge in [-0.25, -0.2) is 9.18 Å². The van der Waals surface area contributed by atoms with E-state index in [2.05, 4.69) is 4.99 Å². The highest BCUT2D eigenvalue weighted by molar-refractivity contribution is 8.14. The summed E-state index contributed by atoms with van der Waals surface area (Å²) in [6.45, 7) is -0.202. The van der Waals surface area contributed by atoms with Gasteiger partial charge >= 0.3 is 12.3 Å². The van der Waals surface area contributed by atoms with Crippen LogP contribution in [-0.4, -0.2) is 75.6 Å². The maximum absolute atomic E-state index is 15.2. The van der Waals surface area contributed by atoms with E-state index >= 15 is 4.39 Å². The third-order valence-electron chi connectivity index (χ3n) is 4.52. The number of carboxylic acid groups (broad SMARTS) is 1. The summed E-state index contributed by atoms with van der Waals surface area (Å²) in [5.41, 5.74) is -0.627. The van der Waals surface area contributed by atoms with Crippen molar-refractivity contribution in [3.05, 3.63) is 35.9 Å². The van der Waals surface area contributed by atoms with Crippen molar-refractivity contribution >= 4 is 23.0 Å². The maximum atomic E-state index is 15.2. The molecule has 0 saturated carbocycles. The lowest BCUT2D eigenvalue weighted by Crippen LogP contribution is -2.60. The van der Waals surface area contributed by atoms with Crippen LogP contribution >= 0.6 is 11.8 Å².